The highest BCUT2D eigenvalue weighted by Crippen LogP contribution is 2.30. The van der Waals surface area contributed by atoms with Gasteiger partial charge in [0, 0.05) is 42.8 Å². The molecule has 6 nitrogen and oxygen atoms in total. The van der Waals surface area contributed by atoms with Crippen molar-refractivity contribution in [2.24, 2.45) is 0 Å². The first-order valence-electron chi connectivity index (χ1n) is 8.87. The molecule has 2 aromatic rings. The third kappa shape index (κ3) is 4.47. The molecule has 1 aliphatic rings. The zero-order chi connectivity index (χ0) is 17.6. The Balaban J connectivity index is 1.85. The zero-order valence-corrected chi connectivity index (χ0v) is 14.8. The summed E-state index contributed by atoms with van der Waals surface area (Å²) >= 11 is 0. The molecule has 2 heterocycles. The predicted octanol–water partition coefficient (Wildman–Crippen LogP) is 3.66. The fraction of sp³-hybridized carbons (Fsp3) is 0.421. The van der Waals surface area contributed by atoms with Crippen LogP contribution in [0.1, 0.15) is 33.1 Å². The number of aromatic nitrogens is 2. The molecule has 2 amide bonds. The minimum atomic E-state index is -0.206. The minimum absolute atomic E-state index is 0.0916. The third-order valence-electron chi connectivity index (χ3n) is 4.15. The highest BCUT2D eigenvalue weighted by Gasteiger charge is 2.18. The lowest BCUT2D eigenvalue weighted by molar-refractivity contribution is 0.250. The van der Waals surface area contributed by atoms with Crippen molar-refractivity contribution in [3.05, 3.63) is 36.7 Å². The first-order valence-corrected chi connectivity index (χ1v) is 8.87. The van der Waals surface area contributed by atoms with Crippen LogP contribution in [0.4, 0.5) is 16.3 Å². The van der Waals surface area contributed by atoms with Crippen LogP contribution in [-0.2, 0) is 0 Å². The molecule has 0 atom stereocenters. The molecule has 0 aliphatic carbocycles. The van der Waals surface area contributed by atoms with Crippen LogP contribution < -0.4 is 15.5 Å². The summed E-state index contributed by atoms with van der Waals surface area (Å²) in [5.74, 6) is 0.922. The van der Waals surface area contributed by atoms with Gasteiger partial charge in [-0.15, -0.1) is 0 Å². The maximum absolute atomic E-state index is 11.9. The Morgan fingerprint density at radius 1 is 1.12 bits per heavy atom. The topological polar surface area (TPSA) is 70.1 Å². The summed E-state index contributed by atoms with van der Waals surface area (Å²) in [5.41, 5.74) is 2.55. The van der Waals surface area contributed by atoms with E-state index < -0.39 is 0 Å². The van der Waals surface area contributed by atoms with Crippen LogP contribution in [0, 0.1) is 0 Å². The fourth-order valence-corrected chi connectivity index (χ4v) is 3.05. The molecule has 1 aromatic carbocycles. The quantitative estimate of drug-likeness (QED) is 0.892. The Kier molecular flexibility index (Phi) is 5.48. The second-order valence-corrected chi connectivity index (χ2v) is 6.61. The summed E-state index contributed by atoms with van der Waals surface area (Å²) in [6.45, 7) is 5.89. The van der Waals surface area contributed by atoms with Crippen LogP contribution in [0.25, 0.3) is 11.3 Å². The molecular formula is C19H25N5O. The standard InChI is InChI=1S/C19H25N5O/c1-14(2)22-19(25)23-16-8-6-7-15(13-16)17-18(21-10-9-20-17)24-11-4-3-5-12-24/h6-10,13-14H,3-5,11-12H2,1-2H3,(H2,22,23,25). The van der Waals surface area contributed by atoms with Crippen molar-refractivity contribution in [2.75, 3.05) is 23.3 Å². The maximum Gasteiger partial charge on any atom is 0.319 e. The van der Waals surface area contributed by atoms with Crippen molar-refractivity contribution in [3.63, 3.8) is 0 Å². The molecule has 2 N–H and O–H groups in total. The summed E-state index contributed by atoms with van der Waals surface area (Å²) in [7, 11) is 0. The van der Waals surface area contributed by atoms with Gasteiger partial charge in [0.05, 0.1) is 0 Å². The van der Waals surface area contributed by atoms with Crippen molar-refractivity contribution < 1.29 is 4.79 Å². The summed E-state index contributed by atoms with van der Waals surface area (Å²) in [6, 6.07) is 7.63. The molecule has 0 unspecified atom stereocenters. The lowest BCUT2D eigenvalue weighted by Crippen LogP contribution is -2.34. The second kappa shape index (κ2) is 7.96. The summed E-state index contributed by atoms with van der Waals surface area (Å²) in [4.78, 5) is 23.4. The van der Waals surface area contributed by atoms with Gasteiger partial charge in [-0.25, -0.2) is 9.78 Å². The van der Waals surface area contributed by atoms with Gasteiger partial charge < -0.3 is 15.5 Å². The number of urea groups is 1. The van der Waals surface area contributed by atoms with Gasteiger partial charge in [0.15, 0.2) is 5.82 Å². The van der Waals surface area contributed by atoms with Gasteiger partial charge in [-0.1, -0.05) is 12.1 Å². The number of piperidine rings is 1. The Morgan fingerprint density at radius 3 is 2.64 bits per heavy atom. The second-order valence-electron chi connectivity index (χ2n) is 6.61. The molecule has 1 aromatic heterocycles. The van der Waals surface area contributed by atoms with Crippen molar-refractivity contribution >= 4 is 17.5 Å². The number of nitrogens with zero attached hydrogens (tertiary/aromatic N) is 3. The van der Waals surface area contributed by atoms with Gasteiger partial charge in [-0.3, -0.25) is 4.98 Å². The lowest BCUT2D eigenvalue weighted by Gasteiger charge is -2.28. The van der Waals surface area contributed by atoms with Crippen LogP contribution in [0.3, 0.4) is 0 Å². The normalized spacial score (nSPS) is 14.4. The van der Waals surface area contributed by atoms with E-state index in [0.29, 0.717) is 0 Å². The van der Waals surface area contributed by atoms with E-state index in [-0.39, 0.29) is 12.1 Å². The Bertz CT molecular complexity index is 725. The summed E-state index contributed by atoms with van der Waals surface area (Å²) in [6.07, 6.45) is 7.11. The average Bonchev–Trinajstić information content (AvgIpc) is 2.62. The number of amides is 2. The molecule has 6 heteroatoms. The highest BCUT2D eigenvalue weighted by atomic mass is 16.2. The van der Waals surface area contributed by atoms with Gasteiger partial charge >= 0.3 is 6.03 Å². The van der Waals surface area contributed by atoms with E-state index in [9.17, 15) is 4.79 Å². The number of anilines is 2. The number of hydrogen-bond acceptors (Lipinski definition) is 4. The molecule has 0 spiro atoms. The average molecular weight is 339 g/mol. The summed E-state index contributed by atoms with van der Waals surface area (Å²) < 4.78 is 0. The van der Waals surface area contributed by atoms with E-state index in [4.69, 9.17) is 0 Å². The largest absolute Gasteiger partial charge is 0.355 e. The predicted molar refractivity (Wildman–Crippen MR) is 101 cm³/mol. The Labute approximate surface area is 148 Å². The van der Waals surface area contributed by atoms with Gasteiger partial charge in [-0.2, -0.15) is 0 Å². The molecule has 25 heavy (non-hydrogen) atoms. The molecule has 0 radical (unpaired) electrons. The highest BCUT2D eigenvalue weighted by molar-refractivity contribution is 5.90. The van der Waals surface area contributed by atoms with E-state index >= 15 is 0 Å². The number of carbonyl (C=O) groups excluding carboxylic acids is 1. The van der Waals surface area contributed by atoms with Crippen molar-refractivity contribution in [1.29, 1.82) is 0 Å². The van der Waals surface area contributed by atoms with E-state index in [1.165, 1.54) is 19.3 Å². The number of nitrogens with one attached hydrogen (secondary N) is 2. The molecule has 1 saturated heterocycles. The summed E-state index contributed by atoms with van der Waals surface area (Å²) in [5, 5.41) is 5.70. The van der Waals surface area contributed by atoms with Crippen LogP contribution in [-0.4, -0.2) is 35.1 Å². The Morgan fingerprint density at radius 2 is 1.88 bits per heavy atom. The van der Waals surface area contributed by atoms with Crippen molar-refractivity contribution in [1.82, 2.24) is 15.3 Å². The van der Waals surface area contributed by atoms with Crippen LogP contribution in [0.2, 0.25) is 0 Å². The molecular weight excluding hydrogens is 314 g/mol. The molecule has 0 bridgehead atoms. The van der Waals surface area contributed by atoms with Gasteiger partial charge in [0.1, 0.15) is 5.69 Å². The van der Waals surface area contributed by atoms with E-state index in [1.807, 2.05) is 38.1 Å². The van der Waals surface area contributed by atoms with Gasteiger partial charge in [-0.05, 0) is 45.2 Å². The van der Waals surface area contributed by atoms with E-state index in [0.717, 1.165) is 35.9 Å². The maximum atomic E-state index is 11.9. The smallest absolute Gasteiger partial charge is 0.319 e. The van der Waals surface area contributed by atoms with E-state index in [2.05, 4.69) is 25.5 Å². The third-order valence-corrected chi connectivity index (χ3v) is 4.15. The van der Waals surface area contributed by atoms with Crippen LogP contribution in [0.15, 0.2) is 36.7 Å². The molecule has 132 valence electrons. The zero-order valence-electron chi connectivity index (χ0n) is 14.8. The van der Waals surface area contributed by atoms with Gasteiger partial charge in [0.2, 0.25) is 0 Å². The number of benzene rings is 1. The Hall–Kier alpha value is -2.63. The van der Waals surface area contributed by atoms with Crippen molar-refractivity contribution in [2.45, 2.75) is 39.2 Å². The van der Waals surface area contributed by atoms with Crippen LogP contribution >= 0.6 is 0 Å². The van der Waals surface area contributed by atoms with Crippen molar-refractivity contribution in [3.8, 4) is 11.3 Å². The molecule has 3 rings (SSSR count). The number of hydrogen-bond donors (Lipinski definition) is 2. The molecule has 1 aliphatic heterocycles. The number of carbonyl (C=O) groups is 1. The minimum Gasteiger partial charge on any atom is -0.355 e. The molecule has 0 saturated carbocycles. The van der Waals surface area contributed by atoms with Gasteiger partial charge in [0.25, 0.3) is 0 Å². The number of rotatable bonds is 4. The van der Waals surface area contributed by atoms with E-state index in [1.54, 1.807) is 12.4 Å². The SMILES string of the molecule is CC(C)NC(=O)Nc1cccc(-c2nccnc2N2CCCCC2)c1. The van der Waals surface area contributed by atoms with Crippen LogP contribution in [0.5, 0.6) is 0 Å². The first-order chi connectivity index (χ1) is 12.1. The lowest BCUT2D eigenvalue weighted by atomic mass is 10.1. The fourth-order valence-electron chi connectivity index (χ4n) is 3.05. The molecule has 1 fully saturated rings. The monoisotopic (exact) mass is 339 g/mol. The first kappa shape index (κ1) is 17.2.